The molecule has 2 aromatic rings. The molecule has 0 saturated carbocycles. The predicted molar refractivity (Wildman–Crippen MR) is 80.7 cm³/mol. The third-order valence-corrected chi connectivity index (χ3v) is 3.97. The van der Waals surface area contributed by atoms with Crippen LogP contribution in [0.2, 0.25) is 0 Å². The molecule has 1 unspecified atom stereocenters. The Morgan fingerprint density at radius 3 is 2.89 bits per heavy atom. The van der Waals surface area contributed by atoms with Crippen LogP contribution in [0.3, 0.4) is 0 Å². The average molecular weight is 245 g/mol. The first-order valence-corrected chi connectivity index (χ1v) is 6.71. The molecule has 0 bridgehead atoms. The van der Waals surface area contributed by atoms with Crippen molar-refractivity contribution in [3.05, 3.63) is 70.8 Å². The molecule has 2 aliphatic heterocycles. The summed E-state index contributed by atoms with van der Waals surface area (Å²) < 4.78 is 0. The lowest BCUT2D eigenvalue weighted by molar-refractivity contribution is 0.462. The number of nitrogens with zero attached hydrogens (tertiary/aromatic N) is 1. The number of hydrogen-bond acceptors (Lipinski definition) is 1. The Kier molecular flexibility index (Phi) is 2.16. The van der Waals surface area contributed by atoms with Crippen molar-refractivity contribution in [2.75, 3.05) is 0 Å². The molecule has 2 heterocycles. The van der Waals surface area contributed by atoms with E-state index in [1.165, 1.54) is 26.9 Å². The number of allylic oxidation sites excluding steroid dienone is 3. The van der Waals surface area contributed by atoms with Crippen molar-refractivity contribution >= 4 is 23.0 Å². The van der Waals surface area contributed by atoms with Crippen LogP contribution in [0.15, 0.2) is 60.3 Å². The molecule has 2 aromatic carbocycles. The molecule has 0 spiro atoms. The summed E-state index contributed by atoms with van der Waals surface area (Å²) in [7, 11) is 0. The minimum absolute atomic E-state index is 0.427. The average Bonchev–Trinajstić information content (AvgIpc) is 2.46. The second-order valence-corrected chi connectivity index (χ2v) is 5.19. The van der Waals surface area contributed by atoms with Crippen molar-refractivity contribution in [2.24, 2.45) is 0 Å². The molecule has 0 aromatic heterocycles. The van der Waals surface area contributed by atoms with Gasteiger partial charge in [-0.15, -0.1) is 0 Å². The zero-order valence-corrected chi connectivity index (χ0v) is 10.9. The van der Waals surface area contributed by atoms with Gasteiger partial charge in [-0.25, -0.2) is 0 Å². The maximum absolute atomic E-state index is 2.33. The molecule has 0 fully saturated rings. The molecular weight excluding hydrogens is 230 g/mol. The molecule has 1 nitrogen and oxygen atoms in total. The molecule has 4 rings (SSSR count). The minimum atomic E-state index is 0.427. The topological polar surface area (TPSA) is 3.24 Å². The van der Waals surface area contributed by atoms with Crippen LogP contribution in [0.1, 0.15) is 6.92 Å². The summed E-state index contributed by atoms with van der Waals surface area (Å²) in [6.45, 7) is 2.22. The van der Waals surface area contributed by atoms with Crippen LogP contribution in [-0.4, -0.2) is 10.9 Å². The van der Waals surface area contributed by atoms with Crippen molar-refractivity contribution < 1.29 is 0 Å². The Morgan fingerprint density at radius 2 is 1.95 bits per heavy atom. The standard InChI is InChI=1S/C18H15N/c1-13-5-4-7-16-11-18-15(12-19(13)16)10-9-14-6-2-3-8-17(14)18/h2-13H,1H3. The van der Waals surface area contributed by atoms with Crippen LogP contribution < -0.4 is 10.4 Å². The van der Waals surface area contributed by atoms with Gasteiger partial charge in [0.2, 0.25) is 0 Å². The molecule has 1 atom stereocenters. The van der Waals surface area contributed by atoms with Crippen molar-refractivity contribution in [3.63, 3.8) is 0 Å². The number of fused-ring (bicyclic) bond motifs is 4. The zero-order valence-electron chi connectivity index (χ0n) is 10.9. The quantitative estimate of drug-likeness (QED) is 0.689. The highest BCUT2D eigenvalue weighted by molar-refractivity contribution is 5.85. The minimum Gasteiger partial charge on any atom is -0.341 e. The summed E-state index contributed by atoms with van der Waals surface area (Å²) in [4.78, 5) is 2.33. The van der Waals surface area contributed by atoms with Crippen LogP contribution in [0.4, 0.5) is 0 Å². The van der Waals surface area contributed by atoms with E-state index < -0.39 is 0 Å². The van der Waals surface area contributed by atoms with Gasteiger partial charge in [0.05, 0.1) is 0 Å². The highest BCUT2D eigenvalue weighted by atomic mass is 15.1. The van der Waals surface area contributed by atoms with Crippen molar-refractivity contribution in [2.45, 2.75) is 13.0 Å². The molecule has 0 amide bonds. The van der Waals surface area contributed by atoms with Crippen LogP contribution >= 0.6 is 0 Å². The van der Waals surface area contributed by atoms with Gasteiger partial charge < -0.3 is 4.90 Å². The first kappa shape index (κ1) is 10.6. The van der Waals surface area contributed by atoms with Gasteiger partial charge in [-0.05, 0) is 40.3 Å². The molecule has 19 heavy (non-hydrogen) atoms. The van der Waals surface area contributed by atoms with E-state index in [1.807, 2.05) is 0 Å². The van der Waals surface area contributed by atoms with Gasteiger partial charge in [0.15, 0.2) is 0 Å². The van der Waals surface area contributed by atoms with E-state index in [2.05, 4.69) is 78.7 Å². The van der Waals surface area contributed by atoms with Gasteiger partial charge in [0, 0.05) is 17.9 Å². The van der Waals surface area contributed by atoms with Crippen LogP contribution in [0.5, 0.6) is 0 Å². The van der Waals surface area contributed by atoms with E-state index in [-0.39, 0.29) is 0 Å². The highest BCUT2D eigenvalue weighted by Crippen LogP contribution is 2.20. The van der Waals surface area contributed by atoms with Crippen molar-refractivity contribution in [1.29, 1.82) is 0 Å². The first-order valence-electron chi connectivity index (χ1n) is 6.71. The summed E-state index contributed by atoms with van der Waals surface area (Å²) in [6.07, 6.45) is 11.1. The lowest BCUT2D eigenvalue weighted by Gasteiger charge is -2.31. The molecule has 0 aliphatic carbocycles. The van der Waals surface area contributed by atoms with E-state index in [4.69, 9.17) is 0 Å². The maximum Gasteiger partial charge on any atom is 0.0491 e. The SMILES string of the molecule is CC1C=CC=C2C=c3c(ccc4ccccc34)=CN21. The molecule has 2 aliphatic rings. The fourth-order valence-corrected chi connectivity index (χ4v) is 2.93. The lowest BCUT2D eigenvalue weighted by atomic mass is 10.0. The van der Waals surface area contributed by atoms with E-state index in [0.717, 1.165) is 0 Å². The van der Waals surface area contributed by atoms with Gasteiger partial charge in [0.1, 0.15) is 0 Å². The first-order chi connectivity index (χ1) is 9.33. The van der Waals surface area contributed by atoms with Crippen LogP contribution in [0, 0.1) is 0 Å². The van der Waals surface area contributed by atoms with E-state index >= 15 is 0 Å². The number of hydrogen-bond donors (Lipinski definition) is 0. The highest BCUT2D eigenvalue weighted by Gasteiger charge is 2.16. The molecular formula is C18H15N. The van der Waals surface area contributed by atoms with Gasteiger partial charge in [0.25, 0.3) is 0 Å². The molecule has 0 radical (unpaired) electrons. The molecule has 1 heteroatoms. The molecule has 0 N–H and O–H groups in total. The summed E-state index contributed by atoms with van der Waals surface area (Å²) >= 11 is 0. The Morgan fingerprint density at radius 1 is 1.05 bits per heavy atom. The maximum atomic E-state index is 2.33. The zero-order chi connectivity index (χ0) is 12.8. The Labute approximate surface area is 112 Å². The van der Waals surface area contributed by atoms with Crippen LogP contribution in [-0.2, 0) is 0 Å². The Hall–Kier alpha value is -2.28. The summed E-state index contributed by atoms with van der Waals surface area (Å²) in [6, 6.07) is 13.4. The number of rotatable bonds is 0. The van der Waals surface area contributed by atoms with Gasteiger partial charge in [-0.2, -0.15) is 0 Å². The van der Waals surface area contributed by atoms with Crippen LogP contribution in [0.25, 0.3) is 23.0 Å². The van der Waals surface area contributed by atoms with E-state index in [9.17, 15) is 0 Å². The molecule has 92 valence electrons. The summed E-state index contributed by atoms with van der Waals surface area (Å²) in [5, 5.41) is 5.28. The molecule has 0 saturated heterocycles. The monoisotopic (exact) mass is 245 g/mol. The second kappa shape index (κ2) is 3.86. The van der Waals surface area contributed by atoms with Gasteiger partial charge in [-0.3, -0.25) is 0 Å². The van der Waals surface area contributed by atoms with Gasteiger partial charge >= 0.3 is 0 Å². The summed E-state index contributed by atoms with van der Waals surface area (Å²) in [5.41, 5.74) is 1.28. The fourth-order valence-electron chi connectivity index (χ4n) is 2.93. The second-order valence-electron chi connectivity index (χ2n) is 5.19. The summed E-state index contributed by atoms with van der Waals surface area (Å²) in [5.74, 6) is 0. The predicted octanol–water partition coefficient (Wildman–Crippen LogP) is 2.52. The Balaban J connectivity index is 2.11. The van der Waals surface area contributed by atoms with E-state index in [0.29, 0.717) is 6.04 Å². The van der Waals surface area contributed by atoms with Crippen molar-refractivity contribution in [1.82, 2.24) is 4.90 Å². The van der Waals surface area contributed by atoms with Crippen molar-refractivity contribution in [3.8, 4) is 0 Å². The third-order valence-electron chi connectivity index (χ3n) is 3.97. The Bertz CT molecular complexity index is 840. The fraction of sp³-hybridized carbons (Fsp3) is 0.111. The lowest BCUT2D eigenvalue weighted by Crippen LogP contribution is -2.38. The van der Waals surface area contributed by atoms with E-state index in [1.54, 1.807) is 0 Å². The third kappa shape index (κ3) is 1.55. The smallest absolute Gasteiger partial charge is 0.0491 e. The normalized spacial score (nSPS) is 20.2. The largest absolute Gasteiger partial charge is 0.341 e. The van der Waals surface area contributed by atoms with Gasteiger partial charge in [-0.1, -0.05) is 48.6 Å². The number of benzene rings is 2.